The molecule has 0 aromatic rings. The van der Waals surface area contributed by atoms with Crippen molar-refractivity contribution in [2.45, 2.75) is 150 Å². The molecule has 1 heteroatoms. The monoisotopic (exact) mass is 471 g/mol. The average molecular weight is 472 g/mol. The molecule has 0 amide bonds. The van der Waals surface area contributed by atoms with E-state index in [0.29, 0.717) is 10.8 Å². The van der Waals surface area contributed by atoms with Gasteiger partial charge in [-0.2, -0.15) is 0 Å². The molecule has 4 unspecified atom stereocenters. The van der Waals surface area contributed by atoms with Crippen molar-refractivity contribution < 1.29 is 0 Å². The highest BCUT2D eigenvalue weighted by Crippen LogP contribution is 2.68. The summed E-state index contributed by atoms with van der Waals surface area (Å²) in [5.41, 5.74) is 7.25. The van der Waals surface area contributed by atoms with Crippen LogP contribution in [-0.4, -0.2) is 6.54 Å². The lowest BCUT2D eigenvalue weighted by Gasteiger charge is -2.61. The summed E-state index contributed by atoms with van der Waals surface area (Å²) in [5.74, 6) is 7.01. The highest BCUT2D eigenvalue weighted by molar-refractivity contribution is 5.09. The first-order valence-electron chi connectivity index (χ1n) is 16.1. The van der Waals surface area contributed by atoms with Crippen molar-refractivity contribution in [3.05, 3.63) is 0 Å². The predicted octanol–water partition coefficient (Wildman–Crippen LogP) is 9.78. The zero-order chi connectivity index (χ0) is 24.2. The van der Waals surface area contributed by atoms with Crippen molar-refractivity contribution in [2.24, 2.45) is 58.0 Å². The quantitative estimate of drug-likeness (QED) is 0.281. The molecule has 0 aromatic carbocycles. The first kappa shape index (κ1) is 27.0. The molecule has 4 saturated carbocycles. The molecule has 0 heterocycles. The first-order valence-corrected chi connectivity index (χ1v) is 16.1. The standard InChI is InChI=1S/C33H61N/c1-5-6-7-8-9-10-11-12-13-25(2)29-16-17-30-28-15-14-27-24-26(20-23-34)18-21-32(27,3)31(28)19-22-33(29,30)4/h25-31H,5-24,34H2,1-4H3/t25-,26-,27?,28?,29-,30?,31?,32+,33-/m1/s1. The third-order valence-electron chi connectivity index (χ3n) is 12.6. The Morgan fingerprint density at radius 3 is 2.18 bits per heavy atom. The van der Waals surface area contributed by atoms with Gasteiger partial charge in [-0.15, -0.1) is 0 Å². The van der Waals surface area contributed by atoms with Crippen LogP contribution in [0.1, 0.15) is 150 Å². The smallest absolute Gasteiger partial charge is 0.00746 e. The van der Waals surface area contributed by atoms with E-state index in [1.54, 1.807) is 32.1 Å². The summed E-state index contributed by atoms with van der Waals surface area (Å²) >= 11 is 0. The summed E-state index contributed by atoms with van der Waals surface area (Å²) in [6.45, 7) is 11.4. The summed E-state index contributed by atoms with van der Waals surface area (Å²) in [6, 6.07) is 0. The molecule has 2 N–H and O–H groups in total. The van der Waals surface area contributed by atoms with Gasteiger partial charge in [0, 0.05) is 0 Å². The number of nitrogens with two attached hydrogens (primary N) is 1. The third-order valence-corrected chi connectivity index (χ3v) is 12.6. The largest absolute Gasteiger partial charge is 0.330 e. The SMILES string of the molecule is CCCCCCCCCC[C@@H](C)[C@H]1CCC2C3CCC4C[C@@H](CCN)CC[C@]4(C)C3CC[C@@]21C. The van der Waals surface area contributed by atoms with E-state index < -0.39 is 0 Å². The van der Waals surface area contributed by atoms with Gasteiger partial charge < -0.3 is 5.73 Å². The van der Waals surface area contributed by atoms with Crippen molar-refractivity contribution in [2.75, 3.05) is 6.54 Å². The zero-order valence-electron chi connectivity index (χ0n) is 23.8. The molecule has 0 saturated heterocycles. The Kier molecular flexibility index (Phi) is 9.53. The van der Waals surface area contributed by atoms with Gasteiger partial charge in [-0.1, -0.05) is 85.5 Å². The summed E-state index contributed by atoms with van der Waals surface area (Å²) in [4.78, 5) is 0. The first-order chi connectivity index (χ1) is 16.4. The van der Waals surface area contributed by atoms with Crippen molar-refractivity contribution in [1.29, 1.82) is 0 Å². The molecule has 0 aromatic heterocycles. The minimum absolute atomic E-state index is 0.649. The molecule has 0 radical (unpaired) electrons. The molecule has 34 heavy (non-hydrogen) atoms. The fraction of sp³-hybridized carbons (Fsp3) is 1.00. The lowest BCUT2D eigenvalue weighted by molar-refractivity contribution is -0.121. The predicted molar refractivity (Wildman–Crippen MR) is 149 cm³/mol. The molecule has 4 aliphatic rings. The Hall–Kier alpha value is -0.0400. The van der Waals surface area contributed by atoms with Gasteiger partial charge in [0.25, 0.3) is 0 Å². The minimum Gasteiger partial charge on any atom is -0.330 e. The van der Waals surface area contributed by atoms with Crippen LogP contribution in [0.4, 0.5) is 0 Å². The molecule has 9 atom stereocenters. The molecular weight excluding hydrogens is 410 g/mol. The summed E-state index contributed by atoms with van der Waals surface area (Å²) in [5, 5.41) is 0. The maximum Gasteiger partial charge on any atom is -0.00746 e. The summed E-state index contributed by atoms with van der Waals surface area (Å²) in [7, 11) is 0. The minimum atomic E-state index is 0.649. The molecule has 0 aliphatic heterocycles. The van der Waals surface area contributed by atoms with E-state index in [1.165, 1.54) is 89.9 Å². The van der Waals surface area contributed by atoms with Crippen LogP contribution in [0, 0.1) is 52.3 Å². The van der Waals surface area contributed by atoms with Gasteiger partial charge in [0.2, 0.25) is 0 Å². The van der Waals surface area contributed by atoms with E-state index in [0.717, 1.165) is 48.0 Å². The third kappa shape index (κ3) is 5.45. The number of hydrogen-bond donors (Lipinski definition) is 1. The van der Waals surface area contributed by atoms with Crippen LogP contribution < -0.4 is 5.73 Å². The molecule has 0 bridgehead atoms. The number of hydrogen-bond acceptors (Lipinski definition) is 1. The maximum atomic E-state index is 5.94. The van der Waals surface area contributed by atoms with Crippen LogP contribution in [0.15, 0.2) is 0 Å². The molecule has 4 rings (SSSR count). The highest BCUT2D eigenvalue weighted by atomic mass is 14.7. The molecular formula is C33H61N. The second-order valence-corrected chi connectivity index (χ2v) is 14.3. The molecule has 4 fully saturated rings. The van der Waals surface area contributed by atoms with Crippen molar-refractivity contribution >= 4 is 0 Å². The van der Waals surface area contributed by atoms with Crippen molar-refractivity contribution in [1.82, 2.24) is 0 Å². The Morgan fingerprint density at radius 1 is 0.765 bits per heavy atom. The van der Waals surface area contributed by atoms with E-state index in [1.807, 2.05) is 0 Å². The van der Waals surface area contributed by atoms with Gasteiger partial charge in [0.05, 0.1) is 0 Å². The Labute approximate surface area is 214 Å². The average Bonchev–Trinajstić information content (AvgIpc) is 3.18. The van der Waals surface area contributed by atoms with E-state index in [-0.39, 0.29) is 0 Å². The summed E-state index contributed by atoms with van der Waals surface area (Å²) in [6.07, 6.45) is 28.2. The van der Waals surface area contributed by atoms with Gasteiger partial charge in [-0.3, -0.25) is 0 Å². The van der Waals surface area contributed by atoms with Crippen LogP contribution in [0.2, 0.25) is 0 Å². The van der Waals surface area contributed by atoms with Crippen LogP contribution in [0.25, 0.3) is 0 Å². The zero-order valence-corrected chi connectivity index (χ0v) is 23.8. The van der Waals surface area contributed by atoms with Crippen LogP contribution in [0.5, 0.6) is 0 Å². The number of rotatable bonds is 12. The van der Waals surface area contributed by atoms with E-state index in [2.05, 4.69) is 27.7 Å². The van der Waals surface area contributed by atoms with Gasteiger partial charge >= 0.3 is 0 Å². The van der Waals surface area contributed by atoms with Crippen LogP contribution in [-0.2, 0) is 0 Å². The number of fused-ring (bicyclic) bond motifs is 5. The molecule has 0 spiro atoms. The topological polar surface area (TPSA) is 26.0 Å². The second-order valence-electron chi connectivity index (χ2n) is 14.3. The van der Waals surface area contributed by atoms with Gasteiger partial charge in [0.1, 0.15) is 0 Å². The van der Waals surface area contributed by atoms with E-state index in [9.17, 15) is 0 Å². The Morgan fingerprint density at radius 2 is 1.44 bits per heavy atom. The lowest BCUT2D eigenvalue weighted by atomic mass is 9.44. The Bertz CT molecular complexity index is 614. The molecule has 198 valence electrons. The van der Waals surface area contributed by atoms with Gasteiger partial charge in [-0.05, 0) is 123 Å². The molecule has 4 aliphatic carbocycles. The van der Waals surface area contributed by atoms with Crippen LogP contribution in [0.3, 0.4) is 0 Å². The van der Waals surface area contributed by atoms with Gasteiger partial charge in [-0.25, -0.2) is 0 Å². The second kappa shape index (κ2) is 12.0. The fourth-order valence-electron chi connectivity index (χ4n) is 10.6. The van der Waals surface area contributed by atoms with Crippen molar-refractivity contribution in [3.8, 4) is 0 Å². The lowest BCUT2D eigenvalue weighted by Crippen LogP contribution is -2.53. The Balaban J connectivity index is 1.29. The highest BCUT2D eigenvalue weighted by Gasteiger charge is 2.60. The normalized spacial score (nSPS) is 42.6. The molecule has 1 nitrogen and oxygen atoms in total. The summed E-state index contributed by atoms with van der Waals surface area (Å²) < 4.78 is 0. The van der Waals surface area contributed by atoms with Gasteiger partial charge in [0.15, 0.2) is 0 Å². The maximum absolute atomic E-state index is 5.94. The van der Waals surface area contributed by atoms with Crippen LogP contribution >= 0.6 is 0 Å². The number of unbranched alkanes of at least 4 members (excludes halogenated alkanes) is 7. The van der Waals surface area contributed by atoms with E-state index in [4.69, 9.17) is 5.73 Å². The fourth-order valence-corrected chi connectivity index (χ4v) is 10.6. The van der Waals surface area contributed by atoms with E-state index >= 15 is 0 Å². The van der Waals surface area contributed by atoms with Crippen molar-refractivity contribution in [3.63, 3.8) is 0 Å².